The van der Waals surface area contributed by atoms with Gasteiger partial charge >= 0.3 is 18.1 Å². The Morgan fingerprint density at radius 3 is 2.17 bits per heavy atom. The van der Waals surface area contributed by atoms with Crippen molar-refractivity contribution in [1.82, 2.24) is 0 Å². The number of rotatable bonds is 6. The van der Waals surface area contributed by atoms with Crippen molar-refractivity contribution in [2.24, 2.45) is 5.92 Å². The summed E-state index contributed by atoms with van der Waals surface area (Å²) < 4.78 is 65.2. The summed E-state index contributed by atoms with van der Waals surface area (Å²) in [6.45, 7) is 3.73. The Morgan fingerprint density at radius 2 is 1.69 bits per heavy atom. The van der Waals surface area contributed by atoms with Crippen molar-refractivity contribution < 1.29 is 46.1 Å². The summed E-state index contributed by atoms with van der Waals surface area (Å²) in [6, 6.07) is 8.63. The van der Waals surface area contributed by atoms with Gasteiger partial charge < -0.3 is 19.8 Å². The molecule has 1 heterocycles. The number of ether oxygens (including phenoxy) is 1. The minimum absolute atomic E-state index is 0.00425. The van der Waals surface area contributed by atoms with Crippen LogP contribution in [0.3, 0.4) is 0 Å². The molecule has 0 aliphatic carbocycles. The molecule has 1 saturated heterocycles. The van der Waals surface area contributed by atoms with E-state index < -0.39 is 28.1 Å². The van der Waals surface area contributed by atoms with Gasteiger partial charge in [0.25, 0.3) is 10.0 Å². The van der Waals surface area contributed by atoms with E-state index in [0.29, 0.717) is 17.4 Å². The molecule has 0 saturated carbocycles. The number of hydrogen-bond donors (Lipinski definition) is 3. The number of aliphatic carboxylic acids is 1. The summed E-state index contributed by atoms with van der Waals surface area (Å²) in [7, 11) is -2.54. The molecule has 2 aromatic carbocycles. The van der Waals surface area contributed by atoms with Crippen LogP contribution in [0.5, 0.6) is 5.75 Å². The Bertz CT molecular complexity index is 1210. The fourth-order valence-corrected chi connectivity index (χ4v) is 4.71. The number of nitrogens with one attached hydrogen (secondary N) is 1. The Labute approximate surface area is 210 Å². The number of halogens is 4. The molecule has 14 heteroatoms. The summed E-state index contributed by atoms with van der Waals surface area (Å²) in [5, 5.41) is 16.6. The molecule has 3 N–H and O–H groups in total. The molecular weight excluding hydrogens is 529 g/mol. The predicted molar refractivity (Wildman–Crippen MR) is 127 cm³/mol. The van der Waals surface area contributed by atoms with E-state index >= 15 is 0 Å². The minimum Gasteiger partial charge on any atom is -0.495 e. The monoisotopic (exact) mass is 552 g/mol. The molecule has 0 radical (unpaired) electrons. The SMILES string of the molecule is COc1ccc(S(=O)(=O)Nc2cc(C(=O)O)ccc2N2CCC(C)CC2)cc1Cl.O=C(O)C(F)(F)F. The summed E-state index contributed by atoms with van der Waals surface area (Å²) in [4.78, 5) is 22.3. The first kappa shape index (κ1) is 29.0. The number of carboxylic acids is 2. The molecule has 0 aromatic heterocycles. The molecule has 0 unspecified atom stereocenters. The molecule has 1 fully saturated rings. The topological polar surface area (TPSA) is 133 Å². The lowest BCUT2D eigenvalue weighted by Gasteiger charge is -2.33. The average molecular weight is 553 g/mol. The van der Waals surface area contributed by atoms with Gasteiger partial charge in [-0.05, 0) is 55.2 Å². The summed E-state index contributed by atoms with van der Waals surface area (Å²) in [5.41, 5.74) is 0.890. The largest absolute Gasteiger partial charge is 0.495 e. The van der Waals surface area contributed by atoms with Gasteiger partial charge in [-0.3, -0.25) is 4.72 Å². The van der Waals surface area contributed by atoms with Gasteiger partial charge in [0.2, 0.25) is 0 Å². The van der Waals surface area contributed by atoms with E-state index in [9.17, 15) is 31.5 Å². The van der Waals surface area contributed by atoms with Gasteiger partial charge in [0, 0.05) is 13.1 Å². The maximum atomic E-state index is 12.9. The third-order valence-corrected chi connectivity index (χ3v) is 6.95. The molecule has 1 aliphatic heterocycles. The number of carboxylic acid groups (broad SMARTS) is 2. The van der Waals surface area contributed by atoms with Crippen molar-refractivity contribution in [3.63, 3.8) is 0 Å². The number of benzene rings is 2. The van der Waals surface area contributed by atoms with E-state index in [4.69, 9.17) is 26.2 Å². The molecular formula is C22H24ClF3N2O7S. The Kier molecular flexibility index (Phi) is 9.44. The van der Waals surface area contributed by atoms with Gasteiger partial charge in [0.15, 0.2) is 0 Å². The van der Waals surface area contributed by atoms with Gasteiger partial charge in [0.05, 0.1) is 34.0 Å². The molecule has 0 amide bonds. The lowest BCUT2D eigenvalue weighted by molar-refractivity contribution is -0.192. The predicted octanol–water partition coefficient (Wildman–Crippen LogP) is 4.72. The van der Waals surface area contributed by atoms with Crippen LogP contribution in [0.15, 0.2) is 41.3 Å². The van der Waals surface area contributed by atoms with Crippen LogP contribution in [0, 0.1) is 5.92 Å². The van der Waals surface area contributed by atoms with Crippen LogP contribution in [0.4, 0.5) is 24.5 Å². The number of aromatic carboxylic acids is 1. The maximum Gasteiger partial charge on any atom is 0.490 e. The Morgan fingerprint density at radius 1 is 1.11 bits per heavy atom. The number of alkyl halides is 3. The normalized spacial score (nSPS) is 14.4. The molecule has 9 nitrogen and oxygen atoms in total. The highest BCUT2D eigenvalue weighted by Crippen LogP contribution is 2.34. The summed E-state index contributed by atoms with van der Waals surface area (Å²) in [6.07, 6.45) is -3.11. The number of anilines is 2. The van der Waals surface area contributed by atoms with E-state index in [2.05, 4.69) is 16.5 Å². The first-order valence-corrected chi connectivity index (χ1v) is 12.3. The van der Waals surface area contributed by atoms with Gasteiger partial charge in [-0.15, -0.1) is 0 Å². The number of carbonyl (C=O) groups is 2. The van der Waals surface area contributed by atoms with Gasteiger partial charge in [-0.25, -0.2) is 18.0 Å². The van der Waals surface area contributed by atoms with E-state index in [1.54, 1.807) is 6.07 Å². The molecule has 1 aliphatic rings. The van der Waals surface area contributed by atoms with Crippen molar-refractivity contribution in [1.29, 1.82) is 0 Å². The van der Waals surface area contributed by atoms with Crippen molar-refractivity contribution in [2.45, 2.75) is 30.8 Å². The second kappa shape index (κ2) is 11.7. The molecule has 198 valence electrons. The highest BCUT2D eigenvalue weighted by atomic mass is 35.5. The second-order valence-electron chi connectivity index (χ2n) is 7.91. The van der Waals surface area contributed by atoms with Crippen molar-refractivity contribution >= 4 is 44.9 Å². The third kappa shape index (κ3) is 7.65. The van der Waals surface area contributed by atoms with E-state index in [1.165, 1.54) is 37.4 Å². The zero-order valence-corrected chi connectivity index (χ0v) is 20.7. The lowest BCUT2D eigenvalue weighted by Crippen LogP contribution is -2.33. The molecule has 36 heavy (non-hydrogen) atoms. The minimum atomic E-state index is -5.08. The zero-order chi connectivity index (χ0) is 27.3. The van der Waals surface area contributed by atoms with E-state index in [-0.39, 0.29) is 21.2 Å². The van der Waals surface area contributed by atoms with Crippen molar-refractivity contribution in [3.8, 4) is 5.75 Å². The first-order chi connectivity index (χ1) is 16.7. The van der Waals surface area contributed by atoms with Gasteiger partial charge in [0.1, 0.15) is 5.75 Å². The van der Waals surface area contributed by atoms with Gasteiger partial charge in [-0.1, -0.05) is 18.5 Å². The quantitative estimate of drug-likeness (QED) is 0.469. The van der Waals surface area contributed by atoms with Crippen molar-refractivity contribution in [3.05, 3.63) is 47.0 Å². The van der Waals surface area contributed by atoms with Crippen LogP contribution >= 0.6 is 11.6 Å². The molecule has 0 spiro atoms. The Balaban J connectivity index is 0.000000572. The van der Waals surface area contributed by atoms with Crippen LogP contribution < -0.4 is 14.4 Å². The maximum absolute atomic E-state index is 12.9. The molecule has 0 bridgehead atoms. The first-order valence-electron chi connectivity index (χ1n) is 10.4. The van der Waals surface area contributed by atoms with Crippen LogP contribution in [-0.4, -0.2) is 56.9 Å². The van der Waals surface area contributed by atoms with Crippen LogP contribution in [0.1, 0.15) is 30.1 Å². The van der Waals surface area contributed by atoms with E-state index in [0.717, 1.165) is 25.9 Å². The smallest absolute Gasteiger partial charge is 0.490 e. The number of hydrogen-bond acceptors (Lipinski definition) is 6. The Hall–Kier alpha value is -3.19. The summed E-state index contributed by atoms with van der Waals surface area (Å²) in [5.74, 6) is -2.92. The highest BCUT2D eigenvalue weighted by molar-refractivity contribution is 7.92. The molecule has 0 atom stereocenters. The van der Waals surface area contributed by atoms with Crippen molar-refractivity contribution in [2.75, 3.05) is 29.8 Å². The fourth-order valence-electron chi connectivity index (χ4n) is 3.29. The number of nitrogens with zero attached hydrogens (tertiary/aromatic N) is 1. The van der Waals surface area contributed by atoms with E-state index in [1.807, 2.05) is 0 Å². The summed E-state index contributed by atoms with van der Waals surface area (Å²) >= 11 is 6.07. The average Bonchev–Trinajstić information content (AvgIpc) is 2.79. The number of sulfonamides is 1. The molecule has 3 rings (SSSR count). The van der Waals surface area contributed by atoms with Crippen LogP contribution in [-0.2, 0) is 14.8 Å². The highest BCUT2D eigenvalue weighted by Gasteiger charge is 2.38. The standard InChI is InChI=1S/C20H23ClN2O5S.C2HF3O2/c1-13-7-9-23(10-8-13)18-5-3-14(20(24)25)11-17(18)22-29(26,27)15-4-6-19(28-2)16(21)12-15;3-2(4,5)1(6)7/h3-6,11-13,22H,7-10H2,1-2H3,(H,24,25);(H,6,7). The fraction of sp³-hybridized carbons (Fsp3) is 0.364. The third-order valence-electron chi connectivity index (χ3n) is 5.29. The van der Waals surface area contributed by atoms with Gasteiger partial charge in [-0.2, -0.15) is 13.2 Å². The lowest BCUT2D eigenvalue weighted by atomic mass is 9.98. The van der Waals surface area contributed by atoms with Crippen LogP contribution in [0.25, 0.3) is 0 Å². The second-order valence-corrected chi connectivity index (χ2v) is 10.0. The zero-order valence-electron chi connectivity index (χ0n) is 19.2. The molecule has 2 aromatic rings. The van der Waals surface area contributed by atoms with Crippen LogP contribution in [0.2, 0.25) is 5.02 Å². The number of methoxy groups -OCH3 is 1. The number of piperidine rings is 1.